The minimum absolute atomic E-state index is 0.000316. The fourth-order valence-corrected chi connectivity index (χ4v) is 3.59. The van der Waals surface area contributed by atoms with Gasteiger partial charge in [-0.1, -0.05) is 47.7 Å². The lowest BCUT2D eigenvalue weighted by Gasteiger charge is -2.08. The van der Waals surface area contributed by atoms with Crippen molar-refractivity contribution in [3.8, 4) is 5.69 Å². The van der Waals surface area contributed by atoms with E-state index in [1.54, 1.807) is 17.0 Å². The Bertz CT molecular complexity index is 1020. The average Bonchev–Trinajstić information content (AvgIpc) is 2.60. The summed E-state index contributed by atoms with van der Waals surface area (Å²) in [7, 11) is 0. The summed E-state index contributed by atoms with van der Waals surface area (Å²) in [5, 5.41) is 0.326. The number of hydrogen-bond acceptors (Lipinski definition) is 4. The van der Waals surface area contributed by atoms with Crippen LogP contribution in [0.5, 0.6) is 0 Å². The van der Waals surface area contributed by atoms with Crippen molar-refractivity contribution in [2.45, 2.75) is 25.8 Å². The van der Waals surface area contributed by atoms with E-state index in [-0.39, 0.29) is 17.1 Å². The van der Waals surface area contributed by atoms with Gasteiger partial charge in [-0.15, -0.1) is 0 Å². The van der Waals surface area contributed by atoms with Gasteiger partial charge in [0.25, 0.3) is 5.56 Å². The second-order valence-corrected chi connectivity index (χ2v) is 7.24. The van der Waals surface area contributed by atoms with Crippen molar-refractivity contribution in [3.63, 3.8) is 0 Å². The summed E-state index contributed by atoms with van der Waals surface area (Å²) >= 11 is 1.18. The van der Waals surface area contributed by atoms with Gasteiger partial charge in [0.05, 0.1) is 5.75 Å². The van der Waals surface area contributed by atoms with Crippen LogP contribution in [-0.2, 0) is 0 Å². The molecular formula is C21H20N2O2S. The summed E-state index contributed by atoms with van der Waals surface area (Å²) in [6.07, 6.45) is 3.24. The van der Waals surface area contributed by atoms with E-state index in [0.29, 0.717) is 10.6 Å². The minimum Gasteiger partial charge on any atom is -0.293 e. The molecule has 0 saturated carbocycles. The van der Waals surface area contributed by atoms with Crippen LogP contribution < -0.4 is 5.56 Å². The number of carbonyl (C=O) groups is 1. The number of hydrogen-bond donors (Lipinski definition) is 0. The molecule has 0 N–H and O–H groups in total. The molecule has 0 aliphatic rings. The highest BCUT2D eigenvalue weighted by Gasteiger charge is 2.13. The zero-order chi connectivity index (χ0) is 18.7. The molecule has 0 unspecified atom stereocenters. The third-order valence-electron chi connectivity index (χ3n) is 4.11. The normalized spacial score (nSPS) is 10.7. The van der Waals surface area contributed by atoms with Gasteiger partial charge in [-0.2, -0.15) is 0 Å². The van der Waals surface area contributed by atoms with Gasteiger partial charge in [0, 0.05) is 23.6 Å². The van der Waals surface area contributed by atoms with Crippen molar-refractivity contribution in [2.75, 3.05) is 5.75 Å². The van der Waals surface area contributed by atoms with Gasteiger partial charge in [-0.3, -0.25) is 14.2 Å². The van der Waals surface area contributed by atoms with E-state index in [2.05, 4.69) is 4.98 Å². The number of ketones is 1. The van der Waals surface area contributed by atoms with Crippen LogP contribution in [0.3, 0.4) is 0 Å². The summed E-state index contributed by atoms with van der Waals surface area (Å²) in [4.78, 5) is 29.4. The van der Waals surface area contributed by atoms with Gasteiger partial charge in [0.1, 0.15) is 0 Å². The second kappa shape index (κ2) is 7.70. The van der Waals surface area contributed by atoms with Gasteiger partial charge >= 0.3 is 0 Å². The Kier molecular flexibility index (Phi) is 5.38. The maximum atomic E-state index is 12.7. The van der Waals surface area contributed by atoms with Crippen molar-refractivity contribution in [2.24, 2.45) is 0 Å². The van der Waals surface area contributed by atoms with E-state index >= 15 is 0 Å². The Morgan fingerprint density at radius 2 is 1.85 bits per heavy atom. The lowest BCUT2D eigenvalue weighted by molar-refractivity contribution is 0.102. The quantitative estimate of drug-likeness (QED) is 0.504. The summed E-state index contributed by atoms with van der Waals surface area (Å²) in [6, 6.07) is 13.5. The van der Waals surface area contributed by atoms with Gasteiger partial charge in [-0.25, -0.2) is 4.98 Å². The fraction of sp³-hybridized carbons (Fsp3) is 0.190. The molecule has 26 heavy (non-hydrogen) atoms. The molecule has 3 rings (SSSR count). The summed E-state index contributed by atoms with van der Waals surface area (Å²) in [6.45, 7) is 5.90. The predicted octanol–water partition coefficient (Wildman–Crippen LogP) is 4.13. The smallest absolute Gasteiger partial charge is 0.287 e. The van der Waals surface area contributed by atoms with Gasteiger partial charge in [-0.05, 0) is 44.0 Å². The molecule has 0 saturated heterocycles. The van der Waals surface area contributed by atoms with E-state index in [9.17, 15) is 9.59 Å². The molecule has 3 aromatic rings. The average molecular weight is 364 g/mol. The molecule has 5 heteroatoms. The highest BCUT2D eigenvalue weighted by molar-refractivity contribution is 7.99. The number of rotatable bonds is 5. The molecule has 2 aromatic carbocycles. The van der Waals surface area contributed by atoms with E-state index in [0.717, 1.165) is 22.4 Å². The summed E-state index contributed by atoms with van der Waals surface area (Å²) < 4.78 is 1.56. The first-order valence-corrected chi connectivity index (χ1v) is 9.32. The zero-order valence-corrected chi connectivity index (χ0v) is 15.8. The second-order valence-electron chi connectivity index (χ2n) is 6.28. The maximum Gasteiger partial charge on any atom is 0.287 e. The Morgan fingerprint density at radius 3 is 2.58 bits per heavy atom. The first-order valence-electron chi connectivity index (χ1n) is 8.33. The first-order chi connectivity index (χ1) is 12.5. The topological polar surface area (TPSA) is 52.0 Å². The van der Waals surface area contributed by atoms with Crippen molar-refractivity contribution in [3.05, 3.63) is 87.5 Å². The Morgan fingerprint density at radius 1 is 1.08 bits per heavy atom. The van der Waals surface area contributed by atoms with E-state index in [4.69, 9.17) is 0 Å². The van der Waals surface area contributed by atoms with Gasteiger partial charge in [0.15, 0.2) is 10.8 Å². The van der Waals surface area contributed by atoms with Crippen LogP contribution in [0, 0.1) is 20.8 Å². The van der Waals surface area contributed by atoms with Crippen LogP contribution >= 0.6 is 11.8 Å². The molecule has 0 atom stereocenters. The van der Waals surface area contributed by atoms with Gasteiger partial charge in [0.2, 0.25) is 0 Å². The number of benzene rings is 2. The molecule has 0 fully saturated rings. The van der Waals surface area contributed by atoms with Crippen molar-refractivity contribution in [1.29, 1.82) is 0 Å². The number of aromatic nitrogens is 2. The molecule has 0 aliphatic heterocycles. The minimum atomic E-state index is -0.212. The van der Waals surface area contributed by atoms with Crippen LogP contribution in [-0.4, -0.2) is 21.1 Å². The lowest BCUT2D eigenvalue weighted by atomic mass is 10.0. The van der Waals surface area contributed by atoms with E-state index in [1.807, 2.05) is 63.2 Å². The predicted molar refractivity (Wildman–Crippen MR) is 106 cm³/mol. The summed E-state index contributed by atoms with van der Waals surface area (Å²) in [5.41, 5.74) is 4.42. The Balaban J connectivity index is 1.82. The fourth-order valence-electron chi connectivity index (χ4n) is 2.81. The third-order valence-corrected chi connectivity index (χ3v) is 5.07. The summed E-state index contributed by atoms with van der Waals surface area (Å²) in [5.74, 6) is 0.184. The van der Waals surface area contributed by atoms with E-state index < -0.39 is 0 Å². The van der Waals surface area contributed by atoms with Crippen LogP contribution in [0.25, 0.3) is 5.69 Å². The molecule has 0 radical (unpaired) electrons. The molecule has 132 valence electrons. The zero-order valence-electron chi connectivity index (χ0n) is 15.0. The third kappa shape index (κ3) is 3.94. The SMILES string of the molecule is Cc1cccc(-n2ccnc(SCC(=O)c3ccc(C)cc3C)c2=O)c1. The Hall–Kier alpha value is -2.66. The maximum absolute atomic E-state index is 12.7. The highest BCUT2D eigenvalue weighted by atomic mass is 32.2. The van der Waals surface area contributed by atoms with Crippen LogP contribution in [0.15, 0.2) is 64.7 Å². The molecular weight excluding hydrogens is 344 g/mol. The van der Waals surface area contributed by atoms with Gasteiger partial charge < -0.3 is 0 Å². The van der Waals surface area contributed by atoms with Crippen molar-refractivity contribution in [1.82, 2.24) is 9.55 Å². The highest BCUT2D eigenvalue weighted by Crippen LogP contribution is 2.17. The number of Topliss-reactive ketones (excluding diaryl/α,β-unsaturated/α-hetero) is 1. The molecule has 4 nitrogen and oxygen atoms in total. The number of nitrogens with zero attached hydrogens (tertiary/aromatic N) is 2. The molecule has 0 bridgehead atoms. The molecule has 0 amide bonds. The number of carbonyl (C=O) groups excluding carboxylic acids is 1. The molecule has 0 spiro atoms. The number of thioether (sulfide) groups is 1. The van der Waals surface area contributed by atoms with Crippen molar-refractivity contribution < 1.29 is 4.79 Å². The molecule has 1 aromatic heterocycles. The largest absolute Gasteiger partial charge is 0.293 e. The Labute approximate surface area is 156 Å². The van der Waals surface area contributed by atoms with Crippen molar-refractivity contribution >= 4 is 17.5 Å². The standard InChI is InChI=1S/C21H20N2O2S/c1-14-5-4-6-17(12-14)23-10-9-22-20(21(23)25)26-13-19(24)18-8-7-15(2)11-16(18)3/h4-12H,13H2,1-3H3. The molecule has 0 aliphatic carbocycles. The van der Waals surface area contributed by atoms with Crippen LogP contribution in [0.1, 0.15) is 27.0 Å². The van der Waals surface area contributed by atoms with E-state index in [1.165, 1.54) is 11.8 Å². The van der Waals surface area contributed by atoms with Crippen LogP contribution in [0.4, 0.5) is 0 Å². The van der Waals surface area contributed by atoms with Crippen LogP contribution in [0.2, 0.25) is 0 Å². The lowest BCUT2D eigenvalue weighted by Crippen LogP contribution is -2.21. The first kappa shape index (κ1) is 18.1. The molecule has 1 heterocycles. The number of aryl methyl sites for hydroxylation is 3. The monoisotopic (exact) mass is 364 g/mol.